The highest BCUT2D eigenvalue weighted by molar-refractivity contribution is 6.74. The Kier molecular flexibility index (Phi) is 3.99. The standard InChI is InChI=1S/C13H21FO2Si/c1-13(2,3)17(4,5)16-12-8-10(9-15)6-7-11(12)14/h6-8,15H,9H2,1-5H3. The highest BCUT2D eigenvalue weighted by atomic mass is 28.4. The summed E-state index contributed by atoms with van der Waals surface area (Å²) in [5, 5.41) is 9.07. The average Bonchev–Trinajstić information content (AvgIpc) is 2.19. The quantitative estimate of drug-likeness (QED) is 0.836. The SMILES string of the molecule is CC(C)(C)[Si](C)(C)Oc1cc(CO)ccc1F. The third kappa shape index (κ3) is 3.29. The molecule has 0 heterocycles. The molecule has 0 fully saturated rings. The van der Waals surface area contributed by atoms with E-state index in [1.807, 2.05) is 0 Å². The topological polar surface area (TPSA) is 29.5 Å². The van der Waals surface area contributed by atoms with E-state index in [1.54, 1.807) is 12.1 Å². The normalized spacial score (nSPS) is 12.6. The number of benzene rings is 1. The number of hydrogen-bond acceptors (Lipinski definition) is 2. The molecule has 96 valence electrons. The van der Waals surface area contributed by atoms with Crippen LogP contribution >= 0.6 is 0 Å². The van der Waals surface area contributed by atoms with Gasteiger partial charge in [0.05, 0.1) is 6.61 Å². The Balaban J connectivity index is 3.02. The maximum atomic E-state index is 13.6. The van der Waals surface area contributed by atoms with Gasteiger partial charge in [0, 0.05) is 0 Å². The maximum Gasteiger partial charge on any atom is 0.250 e. The zero-order valence-electron chi connectivity index (χ0n) is 11.2. The third-order valence-corrected chi connectivity index (χ3v) is 7.69. The van der Waals surface area contributed by atoms with Gasteiger partial charge >= 0.3 is 0 Å². The highest BCUT2D eigenvalue weighted by Crippen LogP contribution is 2.38. The second-order valence-corrected chi connectivity index (χ2v) is 10.5. The van der Waals surface area contributed by atoms with Gasteiger partial charge in [-0.15, -0.1) is 0 Å². The summed E-state index contributed by atoms with van der Waals surface area (Å²) in [6.07, 6.45) is 0. The molecule has 0 spiro atoms. The molecule has 1 N–H and O–H groups in total. The molecule has 0 aliphatic heterocycles. The van der Waals surface area contributed by atoms with E-state index in [0.717, 1.165) is 0 Å². The van der Waals surface area contributed by atoms with Gasteiger partial charge in [-0.2, -0.15) is 0 Å². The third-order valence-electron chi connectivity index (χ3n) is 3.35. The molecule has 0 unspecified atom stereocenters. The molecular weight excluding hydrogens is 235 g/mol. The smallest absolute Gasteiger partial charge is 0.250 e. The molecule has 0 atom stereocenters. The summed E-state index contributed by atoms with van der Waals surface area (Å²) in [6.45, 7) is 10.3. The second-order valence-electron chi connectivity index (χ2n) is 5.79. The van der Waals surface area contributed by atoms with Crippen LogP contribution in [0, 0.1) is 5.82 Å². The van der Waals surface area contributed by atoms with Crippen molar-refractivity contribution in [3.8, 4) is 5.75 Å². The molecule has 0 bridgehead atoms. The molecule has 0 saturated heterocycles. The van der Waals surface area contributed by atoms with Gasteiger partial charge in [-0.1, -0.05) is 26.8 Å². The Morgan fingerprint density at radius 1 is 1.29 bits per heavy atom. The van der Waals surface area contributed by atoms with Crippen LogP contribution < -0.4 is 4.43 Å². The van der Waals surface area contributed by atoms with Crippen molar-refractivity contribution in [2.24, 2.45) is 0 Å². The van der Waals surface area contributed by atoms with E-state index in [0.29, 0.717) is 5.56 Å². The van der Waals surface area contributed by atoms with Crippen LogP contribution in [0.4, 0.5) is 4.39 Å². The first-order chi connectivity index (χ1) is 7.67. The molecule has 0 aliphatic carbocycles. The van der Waals surface area contributed by atoms with Gasteiger partial charge in [-0.25, -0.2) is 4.39 Å². The van der Waals surface area contributed by atoms with Crippen molar-refractivity contribution >= 4 is 8.32 Å². The summed E-state index contributed by atoms with van der Waals surface area (Å²) >= 11 is 0. The molecule has 2 nitrogen and oxygen atoms in total. The van der Waals surface area contributed by atoms with Crippen molar-refractivity contribution < 1.29 is 13.9 Å². The minimum atomic E-state index is -2.03. The van der Waals surface area contributed by atoms with Crippen molar-refractivity contribution in [1.29, 1.82) is 0 Å². The summed E-state index contributed by atoms with van der Waals surface area (Å²) in [4.78, 5) is 0. The number of rotatable bonds is 3. The molecule has 0 amide bonds. The van der Waals surface area contributed by atoms with Crippen LogP contribution in [-0.4, -0.2) is 13.4 Å². The summed E-state index contributed by atoms with van der Waals surface area (Å²) in [6, 6.07) is 4.48. The Morgan fingerprint density at radius 3 is 2.35 bits per heavy atom. The number of aliphatic hydroxyl groups is 1. The van der Waals surface area contributed by atoms with Gasteiger partial charge in [0.1, 0.15) is 5.75 Å². The molecule has 0 aromatic heterocycles. The molecule has 1 rings (SSSR count). The largest absolute Gasteiger partial charge is 0.542 e. The van der Waals surface area contributed by atoms with Crippen molar-refractivity contribution in [2.45, 2.75) is 45.5 Å². The molecule has 1 aromatic carbocycles. The zero-order valence-corrected chi connectivity index (χ0v) is 12.2. The summed E-state index contributed by atoms with van der Waals surface area (Å²) in [7, 11) is -2.03. The number of aliphatic hydroxyl groups excluding tert-OH is 1. The molecule has 0 saturated carbocycles. The second kappa shape index (κ2) is 4.78. The van der Waals surface area contributed by atoms with Crippen LogP contribution in [0.3, 0.4) is 0 Å². The van der Waals surface area contributed by atoms with E-state index < -0.39 is 8.32 Å². The number of halogens is 1. The fraction of sp³-hybridized carbons (Fsp3) is 0.538. The molecule has 4 heteroatoms. The monoisotopic (exact) mass is 256 g/mol. The summed E-state index contributed by atoms with van der Waals surface area (Å²) in [5.74, 6) is -0.116. The summed E-state index contributed by atoms with van der Waals surface area (Å²) in [5.41, 5.74) is 0.667. The van der Waals surface area contributed by atoms with Crippen molar-refractivity contribution in [2.75, 3.05) is 0 Å². The van der Waals surface area contributed by atoms with E-state index in [9.17, 15) is 4.39 Å². The lowest BCUT2D eigenvalue weighted by atomic mass is 10.2. The van der Waals surface area contributed by atoms with Gasteiger partial charge in [0.2, 0.25) is 0 Å². The first kappa shape index (κ1) is 14.2. The van der Waals surface area contributed by atoms with Crippen LogP contribution in [0.15, 0.2) is 18.2 Å². The van der Waals surface area contributed by atoms with Crippen molar-refractivity contribution in [1.82, 2.24) is 0 Å². The Bertz CT molecular complexity index is 397. The Labute approximate surface area is 104 Å². The van der Waals surface area contributed by atoms with Gasteiger partial charge in [0.15, 0.2) is 5.82 Å². The minimum absolute atomic E-state index is 0.0225. The molecule has 17 heavy (non-hydrogen) atoms. The summed E-state index contributed by atoms with van der Waals surface area (Å²) < 4.78 is 19.5. The van der Waals surface area contributed by atoms with E-state index in [1.165, 1.54) is 6.07 Å². The Morgan fingerprint density at radius 2 is 1.88 bits per heavy atom. The lowest BCUT2D eigenvalue weighted by molar-refractivity contribution is 0.281. The molecular formula is C13H21FO2Si. The van der Waals surface area contributed by atoms with Crippen LogP contribution in [0.5, 0.6) is 5.75 Å². The van der Waals surface area contributed by atoms with Crippen molar-refractivity contribution in [3.63, 3.8) is 0 Å². The predicted molar refractivity (Wildman–Crippen MR) is 70.1 cm³/mol. The lowest BCUT2D eigenvalue weighted by Crippen LogP contribution is -2.44. The van der Waals surface area contributed by atoms with Crippen LogP contribution in [-0.2, 0) is 6.61 Å². The van der Waals surface area contributed by atoms with Crippen LogP contribution in [0.1, 0.15) is 26.3 Å². The van der Waals surface area contributed by atoms with Gasteiger partial charge in [-0.05, 0) is 35.8 Å². The van der Waals surface area contributed by atoms with Gasteiger partial charge < -0.3 is 9.53 Å². The molecule has 0 aliphatic rings. The van der Waals surface area contributed by atoms with Crippen molar-refractivity contribution in [3.05, 3.63) is 29.6 Å². The maximum absolute atomic E-state index is 13.6. The first-order valence-corrected chi connectivity index (χ1v) is 8.66. The number of hydrogen-bond donors (Lipinski definition) is 1. The zero-order chi connectivity index (χ0) is 13.3. The first-order valence-electron chi connectivity index (χ1n) is 5.76. The van der Waals surface area contributed by atoms with Crippen LogP contribution in [0.2, 0.25) is 18.1 Å². The molecule has 1 aromatic rings. The van der Waals surface area contributed by atoms with Gasteiger partial charge in [0.25, 0.3) is 8.32 Å². The van der Waals surface area contributed by atoms with Crippen LogP contribution in [0.25, 0.3) is 0 Å². The molecule has 0 radical (unpaired) electrons. The van der Waals surface area contributed by atoms with E-state index >= 15 is 0 Å². The van der Waals surface area contributed by atoms with E-state index in [4.69, 9.17) is 9.53 Å². The average molecular weight is 256 g/mol. The highest BCUT2D eigenvalue weighted by Gasteiger charge is 2.39. The minimum Gasteiger partial charge on any atom is -0.542 e. The lowest BCUT2D eigenvalue weighted by Gasteiger charge is -2.36. The predicted octanol–water partition coefficient (Wildman–Crippen LogP) is 3.70. The Hall–Kier alpha value is -0.873. The van der Waals surface area contributed by atoms with E-state index in [-0.39, 0.29) is 23.2 Å². The fourth-order valence-corrected chi connectivity index (χ4v) is 2.16. The van der Waals surface area contributed by atoms with Gasteiger partial charge in [-0.3, -0.25) is 0 Å². The fourth-order valence-electron chi connectivity index (χ4n) is 1.15. The van der Waals surface area contributed by atoms with E-state index in [2.05, 4.69) is 33.9 Å².